The largest absolute Gasteiger partial charge is 0.465 e. The number of carbonyl (C=O) groups is 1. The summed E-state index contributed by atoms with van der Waals surface area (Å²) in [5.74, 6) is 0.163. The first-order valence-electron chi connectivity index (χ1n) is 11.8. The molecule has 2 aromatic heterocycles. The van der Waals surface area contributed by atoms with Gasteiger partial charge in [-0.15, -0.1) is 5.10 Å². The SMILES string of the molecule is CCOC(=O)Cn1nnnc1[C@H](CC)N(Cc1ccccc1)Cc1cc2ccc(C)cc2[nH]c1=O. The molecular formula is C26H30N6O3. The number of pyridine rings is 1. The number of rotatable bonds is 10. The highest BCUT2D eigenvalue weighted by Gasteiger charge is 2.27. The lowest BCUT2D eigenvalue weighted by Crippen LogP contribution is -2.33. The smallest absolute Gasteiger partial charge is 0.327 e. The number of carbonyl (C=O) groups excluding carboxylic acids is 1. The molecule has 0 aliphatic rings. The van der Waals surface area contributed by atoms with E-state index in [4.69, 9.17) is 4.74 Å². The van der Waals surface area contributed by atoms with Crippen LogP contribution in [-0.4, -0.2) is 42.7 Å². The zero-order valence-corrected chi connectivity index (χ0v) is 20.3. The van der Waals surface area contributed by atoms with Crippen LogP contribution in [0.25, 0.3) is 10.9 Å². The molecule has 1 N–H and O–H groups in total. The summed E-state index contributed by atoms with van der Waals surface area (Å²) in [4.78, 5) is 30.3. The molecule has 0 bridgehead atoms. The molecular weight excluding hydrogens is 444 g/mol. The zero-order chi connectivity index (χ0) is 24.8. The van der Waals surface area contributed by atoms with E-state index in [-0.39, 0.29) is 24.8 Å². The summed E-state index contributed by atoms with van der Waals surface area (Å²) in [5, 5.41) is 13.1. The lowest BCUT2D eigenvalue weighted by molar-refractivity contribution is -0.144. The van der Waals surface area contributed by atoms with Crippen LogP contribution in [0.2, 0.25) is 0 Å². The van der Waals surface area contributed by atoms with E-state index in [2.05, 4.69) is 37.5 Å². The number of hydrogen-bond acceptors (Lipinski definition) is 7. The van der Waals surface area contributed by atoms with Crippen LogP contribution in [-0.2, 0) is 29.2 Å². The highest BCUT2D eigenvalue weighted by Crippen LogP contribution is 2.26. The van der Waals surface area contributed by atoms with E-state index >= 15 is 0 Å². The third kappa shape index (κ3) is 5.81. The van der Waals surface area contributed by atoms with Crippen LogP contribution < -0.4 is 5.56 Å². The topological polar surface area (TPSA) is 106 Å². The maximum Gasteiger partial charge on any atom is 0.327 e. The number of aryl methyl sites for hydroxylation is 1. The first-order valence-corrected chi connectivity index (χ1v) is 11.8. The molecule has 0 amide bonds. The number of nitrogens with zero attached hydrogens (tertiary/aromatic N) is 5. The molecule has 1 atom stereocenters. The number of aromatic nitrogens is 5. The molecule has 0 saturated carbocycles. The van der Waals surface area contributed by atoms with Crippen LogP contribution in [0.1, 0.15) is 48.8 Å². The Morgan fingerprint density at radius 3 is 2.66 bits per heavy atom. The van der Waals surface area contributed by atoms with Gasteiger partial charge in [-0.05, 0) is 59.3 Å². The van der Waals surface area contributed by atoms with Gasteiger partial charge in [0.1, 0.15) is 6.54 Å². The van der Waals surface area contributed by atoms with Crippen molar-refractivity contribution in [2.45, 2.75) is 52.9 Å². The number of H-pyrrole nitrogens is 1. The summed E-state index contributed by atoms with van der Waals surface area (Å²) >= 11 is 0. The van der Waals surface area contributed by atoms with E-state index in [1.807, 2.05) is 56.3 Å². The quantitative estimate of drug-likeness (QED) is 0.350. The van der Waals surface area contributed by atoms with E-state index in [9.17, 15) is 9.59 Å². The fourth-order valence-corrected chi connectivity index (χ4v) is 4.29. The average Bonchev–Trinajstić information content (AvgIpc) is 3.28. The molecule has 35 heavy (non-hydrogen) atoms. The van der Waals surface area contributed by atoms with Gasteiger partial charge in [-0.3, -0.25) is 14.5 Å². The number of aromatic amines is 1. The molecule has 0 fully saturated rings. The molecule has 4 rings (SSSR count). The molecule has 9 heteroatoms. The van der Waals surface area contributed by atoms with Crippen LogP contribution in [0.15, 0.2) is 59.4 Å². The Kier molecular flexibility index (Phi) is 7.67. The zero-order valence-electron chi connectivity index (χ0n) is 20.3. The van der Waals surface area contributed by atoms with Gasteiger partial charge in [-0.2, -0.15) is 0 Å². The van der Waals surface area contributed by atoms with Gasteiger partial charge in [0.2, 0.25) is 0 Å². The molecule has 0 unspecified atom stereocenters. The monoisotopic (exact) mass is 474 g/mol. The van der Waals surface area contributed by atoms with Crippen LogP contribution in [0.5, 0.6) is 0 Å². The maximum absolute atomic E-state index is 13.0. The molecule has 182 valence electrons. The van der Waals surface area contributed by atoms with Crippen molar-refractivity contribution in [1.29, 1.82) is 0 Å². The van der Waals surface area contributed by atoms with Gasteiger partial charge >= 0.3 is 5.97 Å². The van der Waals surface area contributed by atoms with Crippen molar-refractivity contribution in [3.05, 3.63) is 87.5 Å². The molecule has 0 saturated heterocycles. The Balaban J connectivity index is 1.70. The van der Waals surface area contributed by atoms with Crippen molar-refractivity contribution in [1.82, 2.24) is 30.1 Å². The molecule has 0 aliphatic carbocycles. The van der Waals surface area contributed by atoms with Crippen LogP contribution in [0.4, 0.5) is 0 Å². The molecule has 0 spiro atoms. The van der Waals surface area contributed by atoms with Gasteiger partial charge in [0.25, 0.3) is 5.56 Å². The first kappa shape index (κ1) is 24.3. The number of fused-ring (bicyclic) bond motifs is 1. The maximum atomic E-state index is 13.0. The third-order valence-electron chi connectivity index (χ3n) is 5.95. The molecule has 2 aromatic carbocycles. The summed E-state index contributed by atoms with van der Waals surface area (Å²) in [6, 6.07) is 17.8. The summed E-state index contributed by atoms with van der Waals surface area (Å²) in [7, 11) is 0. The number of ether oxygens (including phenoxy) is 1. The average molecular weight is 475 g/mol. The number of nitrogens with one attached hydrogen (secondary N) is 1. The summed E-state index contributed by atoms with van der Waals surface area (Å²) in [5.41, 5.74) is 3.54. The minimum atomic E-state index is -0.397. The second-order valence-electron chi connectivity index (χ2n) is 8.53. The number of tetrazole rings is 1. The molecule has 9 nitrogen and oxygen atoms in total. The standard InChI is InChI=1S/C26H30N6O3/c1-4-23(25-28-29-30-32(25)17-24(33)35-5-2)31(15-19-9-7-6-8-10-19)16-21-14-20-12-11-18(3)13-22(20)27-26(21)34/h6-14,23H,4-5,15-17H2,1-3H3,(H,27,34)/t23-/m0/s1. The van der Waals surface area contributed by atoms with Crippen molar-refractivity contribution in [3.63, 3.8) is 0 Å². The molecule has 4 aromatic rings. The summed E-state index contributed by atoms with van der Waals surface area (Å²) in [6.45, 7) is 6.99. The van der Waals surface area contributed by atoms with E-state index < -0.39 is 5.97 Å². The van der Waals surface area contributed by atoms with E-state index in [1.54, 1.807) is 6.92 Å². The first-order chi connectivity index (χ1) is 17.0. The van der Waals surface area contributed by atoms with Crippen LogP contribution in [0, 0.1) is 6.92 Å². The van der Waals surface area contributed by atoms with Crippen LogP contribution in [0.3, 0.4) is 0 Å². The van der Waals surface area contributed by atoms with Gasteiger partial charge in [-0.1, -0.05) is 49.4 Å². The lowest BCUT2D eigenvalue weighted by Gasteiger charge is -2.30. The van der Waals surface area contributed by atoms with Crippen molar-refractivity contribution >= 4 is 16.9 Å². The Hall–Kier alpha value is -3.85. The lowest BCUT2D eigenvalue weighted by atomic mass is 10.1. The highest BCUT2D eigenvalue weighted by atomic mass is 16.5. The van der Waals surface area contributed by atoms with Gasteiger partial charge in [0.05, 0.1) is 12.6 Å². The van der Waals surface area contributed by atoms with Gasteiger partial charge in [0.15, 0.2) is 5.82 Å². The number of esters is 1. The van der Waals surface area contributed by atoms with Gasteiger partial charge in [-0.25, -0.2) is 4.68 Å². The highest BCUT2D eigenvalue weighted by molar-refractivity contribution is 5.79. The fourth-order valence-electron chi connectivity index (χ4n) is 4.29. The predicted molar refractivity (Wildman–Crippen MR) is 132 cm³/mol. The Morgan fingerprint density at radius 2 is 1.91 bits per heavy atom. The van der Waals surface area contributed by atoms with Gasteiger partial charge in [0, 0.05) is 24.2 Å². The summed E-state index contributed by atoms with van der Waals surface area (Å²) < 4.78 is 6.57. The van der Waals surface area contributed by atoms with E-state index in [1.165, 1.54) is 4.68 Å². The van der Waals surface area contributed by atoms with E-state index in [0.29, 0.717) is 30.9 Å². The Bertz CT molecular complexity index is 1350. The van der Waals surface area contributed by atoms with Crippen molar-refractivity contribution in [2.75, 3.05) is 6.61 Å². The predicted octanol–water partition coefficient (Wildman–Crippen LogP) is 3.54. The van der Waals surface area contributed by atoms with Crippen molar-refractivity contribution in [3.8, 4) is 0 Å². The third-order valence-corrected chi connectivity index (χ3v) is 5.95. The molecule has 0 aliphatic heterocycles. The van der Waals surface area contributed by atoms with Crippen molar-refractivity contribution in [2.24, 2.45) is 0 Å². The van der Waals surface area contributed by atoms with Crippen LogP contribution >= 0.6 is 0 Å². The van der Waals surface area contributed by atoms with E-state index in [0.717, 1.165) is 22.0 Å². The minimum Gasteiger partial charge on any atom is -0.465 e. The Labute approximate surface area is 203 Å². The fraction of sp³-hybridized carbons (Fsp3) is 0.346. The van der Waals surface area contributed by atoms with Crippen molar-refractivity contribution < 1.29 is 9.53 Å². The second kappa shape index (κ2) is 11.1. The summed E-state index contributed by atoms with van der Waals surface area (Å²) in [6.07, 6.45) is 0.681. The Morgan fingerprint density at radius 1 is 1.11 bits per heavy atom. The normalized spacial score (nSPS) is 12.2. The number of hydrogen-bond donors (Lipinski definition) is 1. The minimum absolute atomic E-state index is 0.0677. The molecule has 0 radical (unpaired) electrons. The molecule has 2 heterocycles. The number of benzene rings is 2. The second-order valence-corrected chi connectivity index (χ2v) is 8.53. The van der Waals surface area contributed by atoms with Gasteiger partial charge < -0.3 is 9.72 Å².